The molecule has 0 radical (unpaired) electrons. The Labute approximate surface area is 108 Å². The van der Waals surface area contributed by atoms with Crippen LogP contribution in [0.15, 0.2) is 33.8 Å². The SMILES string of the molecule is O=c1[nH]c(N(Cc2ccc(Cl)nc2)C2CC2)co1. The molecule has 1 aliphatic carbocycles. The highest BCUT2D eigenvalue weighted by molar-refractivity contribution is 6.29. The van der Waals surface area contributed by atoms with E-state index in [9.17, 15) is 4.79 Å². The van der Waals surface area contributed by atoms with Gasteiger partial charge in [0.25, 0.3) is 0 Å². The molecule has 2 heterocycles. The van der Waals surface area contributed by atoms with Crippen LogP contribution >= 0.6 is 11.6 Å². The molecule has 0 aliphatic heterocycles. The third kappa shape index (κ3) is 2.41. The van der Waals surface area contributed by atoms with Crippen molar-refractivity contribution in [2.45, 2.75) is 25.4 Å². The van der Waals surface area contributed by atoms with Gasteiger partial charge in [-0.2, -0.15) is 0 Å². The first kappa shape index (κ1) is 11.3. The summed E-state index contributed by atoms with van der Waals surface area (Å²) < 4.78 is 4.79. The Kier molecular flexibility index (Phi) is 2.83. The van der Waals surface area contributed by atoms with Crippen LogP contribution in [0, 0.1) is 0 Å². The Morgan fingerprint density at radius 3 is 2.89 bits per heavy atom. The van der Waals surface area contributed by atoms with Gasteiger partial charge in [0.15, 0.2) is 0 Å². The third-order valence-corrected chi connectivity index (χ3v) is 3.17. The van der Waals surface area contributed by atoms with Gasteiger partial charge in [-0.1, -0.05) is 17.7 Å². The van der Waals surface area contributed by atoms with Crippen molar-refractivity contribution in [1.82, 2.24) is 9.97 Å². The lowest BCUT2D eigenvalue weighted by Gasteiger charge is -2.21. The zero-order chi connectivity index (χ0) is 12.5. The number of oxazole rings is 1. The molecule has 0 amide bonds. The highest BCUT2D eigenvalue weighted by Gasteiger charge is 2.30. The first-order chi connectivity index (χ1) is 8.72. The minimum atomic E-state index is -0.426. The maximum absolute atomic E-state index is 11.1. The van der Waals surface area contributed by atoms with E-state index in [1.54, 1.807) is 12.3 Å². The molecule has 2 aromatic heterocycles. The van der Waals surface area contributed by atoms with Crippen LogP contribution in [0.5, 0.6) is 0 Å². The maximum Gasteiger partial charge on any atom is 0.417 e. The molecule has 1 fully saturated rings. The molecular weight excluding hydrogens is 254 g/mol. The van der Waals surface area contributed by atoms with Crippen molar-refractivity contribution < 1.29 is 4.42 Å². The highest BCUT2D eigenvalue weighted by Crippen LogP contribution is 2.31. The fraction of sp³-hybridized carbons (Fsp3) is 0.333. The number of nitrogens with zero attached hydrogens (tertiary/aromatic N) is 2. The third-order valence-electron chi connectivity index (χ3n) is 2.95. The van der Waals surface area contributed by atoms with Crippen molar-refractivity contribution in [3.05, 3.63) is 45.9 Å². The number of anilines is 1. The smallest absolute Gasteiger partial charge is 0.414 e. The van der Waals surface area contributed by atoms with Gasteiger partial charge in [0, 0.05) is 18.8 Å². The first-order valence-electron chi connectivity index (χ1n) is 5.77. The van der Waals surface area contributed by atoms with Crippen LogP contribution in [0.3, 0.4) is 0 Å². The van der Waals surface area contributed by atoms with Crippen molar-refractivity contribution in [3.8, 4) is 0 Å². The largest absolute Gasteiger partial charge is 0.417 e. The molecule has 5 nitrogen and oxygen atoms in total. The van der Waals surface area contributed by atoms with E-state index in [4.69, 9.17) is 16.0 Å². The number of rotatable bonds is 4. The number of nitrogens with one attached hydrogen (secondary N) is 1. The van der Waals surface area contributed by atoms with E-state index in [0.717, 1.165) is 24.2 Å². The topological polar surface area (TPSA) is 62.1 Å². The van der Waals surface area contributed by atoms with Crippen molar-refractivity contribution in [2.24, 2.45) is 0 Å². The summed E-state index contributed by atoms with van der Waals surface area (Å²) in [5.74, 6) is 0.294. The van der Waals surface area contributed by atoms with Crippen LogP contribution in [-0.4, -0.2) is 16.0 Å². The minimum absolute atomic E-state index is 0.426. The van der Waals surface area contributed by atoms with E-state index in [2.05, 4.69) is 14.9 Å². The van der Waals surface area contributed by atoms with Crippen molar-refractivity contribution in [3.63, 3.8) is 0 Å². The zero-order valence-electron chi connectivity index (χ0n) is 9.60. The van der Waals surface area contributed by atoms with E-state index in [1.165, 1.54) is 6.26 Å². The molecule has 0 aromatic carbocycles. The normalized spacial score (nSPS) is 14.7. The van der Waals surface area contributed by atoms with Crippen LogP contribution in [0.25, 0.3) is 0 Å². The summed E-state index contributed by atoms with van der Waals surface area (Å²) in [5, 5.41) is 0.480. The van der Waals surface area contributed by atoms with Crippen molar-refractivity contribution >= 4 is 17.4 Å². The highest BCUT2D eigenvalue weighted by atomic mass is 35.5. The van der Waals surface area contributed by atoms with E-state index in [-0.39, 0.29) is 0 Å². The maximum atomic E-state index is 11.1. The van der Waals surface area contributed by atoms with Gasteiger partial charge in [0.1, 0.15) is 17.2 Å². The minimum Gasteiger partial charge on any atom is -0.414 e. The van der Waals surface area contributed by atoms with Crippen LogP contribution in [0.2, 0.25) is 5.15 Å². The fourth-order valence-electron chi connectivity index (χ4n) is 1.91. The molecular formula is C12H12ClN3O2. The lowest BCUT2D eigenvalue weighted by molar-refractivity contribution is 0.515. The lowest BCUT2D eigenvalue weighted by atomic mass is 10.2. The monoisotopic (exact) mass is 265 g/mol. The fourth-order valence-corrected chi connectivity index (χ4v) is 2.02. The average molecular weight is 266 g/mol. The summed E-state index contributed by atoms with van der Waals surface area (Å²) in [5.41, 5.74) is 1.05. The molecule has 1 aliphatic rings. The molecule has 0 spiro atoms. The molecule has 0 atom stereocenters. The molecule has 0 saturated heterocycles. The molecule has 6 heteroatoms. The predicted molar refractivity (Wildman–Crippen MR) is 67.8 cm³/mol. The lowest BCUT2D eigenvalue weighted by Crippen LogP contribution is -2.25. The number of pyridine rings is 1. The van der Waals surface area contributed by atoms with E-state index >= 15 is 0 Å². The van der Waals surface area contributed by atoms with Gasteiger partial charge in [-0.3, -0.25) is 4.98 Å². The molecule has 0 bridgehead atoms. The summed E-state index contributed by atoms with van der Waals surface area (Å²) >= 11 is 5.76. The number of aromatic nitrogens is 2. The van der Waals surface area contributed by atoms with E-state index < -0.39 is 5.76 Å². The molecule has 1 N–H and O–H groups in total. The molecule has 3 rings (SSSR count). The standard InChI is InChI=1S/C12H12ClN3O2/c13-10-4-1-8(5-14-10)6-16(9-2-3-9)11-7-18-12(17)15-11/h1,4-5,7,9H,2-3,6H2,(H,15,17). The molecule has 1 saturated carbocycles. The Hall–Kier alpha value is -1.75. The number of hydrogen-bond acceptors (Lipinski definition) is 4. The van der Waals surface area contributed by atoms with E-state index in [1.807, 2.05) is 6.07 Å². The average Bonchev–Trinajstić information content (AvgIpc) is 3.11. The summed E-state index contributed by atoms with van der Waals surface area (Å²) in [6.07, 6.45) is 5.47. The second-order valence-corrected chi connectivity index (χ2v) is 4.77. The Morgan fingerprint density at radius 2 is 2.33 bits per heavy atom. The van der Waals surface area contributed by atoms with Gasteiger partial charge < -0.3 is 9.32 Å². The van der Waals surface area contributed by atoms with Crippen LogP contribution in [0.1, 0.15) is 18.4 Å². The van der Waals surface area contributed by atoms with Crippen LogP contribution in [0.4, 0.5) is 5.82 Å². The predicted octanol–water partition coefficient (Wildman–Crippen LogP) is 2.19. The van der Waals surface area contributed by atoms with Crippen LogP contribution in [-0.2, 0) is 6.54 Å². The van der Waals surface area contributed by atoms with Gasteiger partial charge in [-0.25, -0.2) is 9.78 Å². The Morgan fingerprint density at radius 1 is 1.50 bits per heavy atom. The summed E-state index contributed by atoms with van der Waals surface area (Å²) in [7, 11) is 0. The number of aromatic amines is 1. The van der Waals surface area contributed by atoms with Gasteiger partial charge in [0.05, 0.1) is 0 Å². The first-order valence-corrected chi connectivity index (χ1v) is 6.15. The summed E-state index contributed by atoms with van der Waals surface area (Å²) in [6, 6.07) is 4.16. The summed E-state index contributed by atoms with van der Waals surface area (Å²) in [6.45, 7) is 0.685. The number of halogens is 1. The van der Waals surface area contributed by atoms with Gasteiger partial charge in [-0.15, -0.1) is 0 Å². The van der Waals surface area contributed by atoms with Gasteiger partial charge in [-0.05, 0) is 24.5 Å². The summed E-state index contributed by atoms with van der Waals surface area (Å²) in [4.78, 5) is 19.9. The van der Waals surface area contributed by atoms with Gasteiger partial charge in [0.2, 0.25) is 0 Å². The molecule has 0 unspecified atom stereocenters. The second kappa shape index (κ2) is 4.49. The second-order valence-electron chi connectivity index (χ2n) is 4.38. The van der Waals surface area contributed by atoms with Crippen molar-refractivity contribution in [1.29, 1.82) is 0 Å². The number of H-pyrrole nitrogens is 1. The number of hydrogen-bond donors (Lipinski definition) is 1. The quantitative estimate of drug-likeness (QED) is 0.861. The molecule has 94 valence electrons. The van der Waals surface area contributed by atoms with Crippen molar-refractivity contribution in [2.75, 3.05) is 4.90 Å². The van der Waals surface area contributed by atoms with E-state index in [0.29, 0.717) is 17.7 Å². The molecule has 2 aromatic rings. The van der Waals surface area contributed by atoms with Gasteiger partial charge >= 0.3 is 5.76 Å². The molecule has 18 heavy (non-hydrogen) atoms. The van der Waals surface area contributed by atoms with Crippen LogP contribution < -0.4 is 10.7 Å². The Bertz CT molecular complexity index is 586. The Balaban J connectivity index is 1.82. The zero-order valence-corrected chi connectivity index (χ0v) is 10.4.